The predicted molar refractivity (Wildman–Crippen MR) is 82.2 cm³/mol. The van der Waals surface area contributed by atoms with E-state index in [2.05, 4.69) is 58.6 Å². The molecule has 0 saturated carbocycles. The molecule has 0 spiro atoms. The molecule has 2 nitrogen and oxygen atoms in total. The molecule has 0 aliphatic carbocycles. The first-order valence-corrected chi connectivity index (χ1v) is 7.70. The first-order valence-electron chi connectivity index (χ1n) is 6.91. The van der Waals surface area contributed by atoms with Gasteiger partial charge in [-0.2, -0.15) is 0 Å². The molecule has 2 atom stereocenters. The number of aryl methyl sites for hydroxylation is 1. The zero-order valence-electron chi connectivity index (χ0n) is 11.3. The van der Waals surface area contributed by atoms with E-state index < -0.39 is 0 Å². The number of nitrogens with one attached hydrogen (secondary N) is 2. The van der Waals surface area contributed by atoms with Gasteiger partial charge in [-0.1, -0.05) is 22.4 Å². The molecule has 1 heterocycles. The molecule has 1 fully saturated rings. The molecule has 2 rings (SSSR count). The Bertz CT molecular complexity index is 386. The Labute approximate surface area is 119 Å². The molecule has 100 valence electrons. The highest BCUT2D eigenvalue weighted by Crippen LogP contribution is 2.22. The van der Waals surface area contributed by atoms with E-state index in [-0.39, 0.29) is 0 Å². The van der Waals surface area contributed by atoms with Crippen LogP contribution in [0.2, 0.25) is 0 Å². The van der Waals surface area contributed by atoms with Crippen LogP contribution in [0.15, 0.2) is 22.7 Å². The Balaban J connectivity index is 1.87. The van der Waals surface area contributed by atoms with Crippen LogP contribution in [0.3, 0.4) is 0 Å². The average molecular weight is 311 g/mol. The summed E-state index contributed by atoms with van der Waals surface area (Å²) in [7, 11) is 0. The van der Waals surface area contributed by atoms with E-state index in [0.29, 0.717) is 12.1 Å². The molecule has 0 aromatic heterocycles. The summed E-state index contributed by atoms with van der Waals surface area (Å²) in [6.07, 6.45) is 5.24. The van der Waals surface area contributed by atoms with Crippen LogP contribution in [0.4, 0.5) is 5.69 Å². The Kier molecular flexibility index (Phi) is 5.07. The molecular formula is C15H23BrN2. The van der Waals surface area contributed by atoms with Crippen LogP contribution < -0.4 is 10.6 Å². The van der Waals surface area contributed by atoms with Gasteiger partial charge in [0, 0.05) is 22.2 Å². The molecule has 0 amide bonds. The van der Waals surface area contributed by atoms with Crippen molar-refractivity contribution in [3.05, 3.63) is 28.2 Å². The van der Waals surface area contributed by atoms with Crippen molar-refractivity contribution in [2.75, 3.05) is 11.9 Å². The van der Waals surface area contributed by atoms with E-state index in [1.54, 1.807) is 0 Å². The molecule has 3 heteroatoms. The number of piperidine rings is 1. The summed E-state index contributed by atoms with van der Waals surface area (Å²) in [5.74, 6) is 0. The fraction of sp³-hybridized carbons (Fsp3) is 0.600. The van der Waals surface area contributed by atoms with E-state index >= 15 is 0 Å². The van der Waals surface area contributed by atoms with Crippen molar-refractivity contribution < 1.29 is 0 Å². The van der Waals surface area contributed by atoms with Crippen molar-refractivity contribution >= 4 is 21.6 Å². The van der Waals surface area contributed by atoms with Crippen LogP contribution in [0, 0.1) is 6.92 Å². The van der Waals surface area contributed by atoms with Crippen molar-refractivity contribution in [1.29, 1.82) is 0 Å². The van der Waals surface area contributed by atoms with E-state index in [9.17, 15) is 0 Å². The minimum atomic E-state index is 0.514. The van der Waals surface area contributed by atoms with Crippen LogP contribution in [-0.2, 0) is 0 Å². The first kappa shape index (κ1) is 13.9. The Hall–Kier alpha value is -0.540. The molecule has 2 N–H and O–H groups in total. The predicted octanol–water partition coefficient (Wildman–Crippen LogP) is 4.09. The van der Waals surface area contributed by atoms with Crippen LogP contribution in [0.25, 0.3) is 0 Å². The number of hydrogen-bond acceptors (Lipinski definition) is 2. The van der Waals surface area contributed by atoms with Crippen LogP contribution in [0.5, 0.6) is 0 Å². The Morgan fingerprint density at radius 3 is 2.94 bits per heavy atom. The normalized spacial score (nSPS) is 21.6. The molecule has 1 aromatic rings. The molecule has 1 aromatic carbocycles. The largest absolute Gasteiger partial charge is 0.382 e. The second-order valence-corrected chi connectivity index (χ2v) is 6.30. The number of anilines is 1. The fourth-order valence-electron chi connectivity index (χ4n) is 2.67. The van der Waals surface area contributed by atoms with Gasteiger partial charge in [-0.25, -0.2) is 0 Å². The third-order valence-electron chi connectivity index (χ3n) is 3.64. The van der Waals surface area contributed by atoms with Crippen molar-refractivity contribution in [2.24, 2.45) is 0 Å². The van der Waals surface area contributed by atoms with Crippen LogP contribution >= 0.6 is 15.9 Å². The SMILES string of the molecule is Cc1cc(Br)ccc1NC(C)CC1CCCCN1. The first-order chi connectivity index (χ1) is 8.65. The van der Waals surface area contributed by atoms with Crippen LogP contribution in [0.1, 0.15) is 38.2 Å². The van der Waals surface area contributed by atoms with Gasteiger partial charge in [0.1, 0.15) is 0 Å². The lowest BCUT2D eigenvalue weighted by Gasteiger charge is -2.27. The lowest BCUT2D eigenvalue weighted by Crippen LogP contribution is -2.37. The van der Waals surface area contributed by atoms with Crippen molar-refractivity contribution in [3.8, 4) is 0 Å². The molecule has 18 heavy (non-hydrogen) atoms. The van der Waals surface area contributed by atoms with Gasteiger partial charge in [0.15, 0.2) is 0 Å². The van der Waals surface area contributed by atoms with Crippen molar-refractivity contribution in [1.82, 2.24) is 5.32 Å². The van der Waals surface area contributed by atoms with E-state index in [4.69, 9.17) is 0 Å². The van der Waals surface area contributed by atoms with Gasteiger partial charge in [0.05, 0.1) is 0 Å². The molecule has 2 unspecified atom stereocenters. The van der Waals surface area contributed by atoms with Gasteiger partial charge in [0.25, 0.3) is 0 Å². The maximum absolute atomic E-state index is 3.62. The minimum absolute atomic E-state index is 0.514. The van der Waals surface area contributed by atoms with Gasteiger partial charge >= 0.3 is 0 Å². The third-order valence-corrected chi connectivity index (χ3v) is 4.13. The Morgan fingerprint density at radius 1 is 1.44 bits per heavy atom. The number of rotatable bonds is 4. The van der Waals surface area contributed by atoms with Gasteiger partial charge < -0.3 is 10.6 Å². The zero-order chi connectivity index (χ0) is 13.0. The molecule has 0 radical (unpaired) electrons. The monoisotopic (exact) mass is 310 g/mol. The summed E-state index contributed by atoms with van der Waals surface area (Å²) >= 11 is 3.50. The quantitative estimate of drug-likeness (QED) is 0.875. The Morgan fingerprint density at radius 2 is 2.28 bits per heavy atom. The van der Waals surface area contributed by atoms with Gasteiger partial charge in [-0.3, -0.25) is 0 Å². The summed E-state index contributed by atoms with van der Waals surface area (Å²) < 4.78 is 1.15. The fourth-order valence-corrected chi connectivity index (χ4v) is 3.14. The molecule has 0 bridgehead atoms. The van der Waals surface area contributed by atoms with Crippen molar-refractivity contribution in [3.63, 3.8) is 0 Å². The molecule has 1 aliphatic rings. The lowest BCUT2D eigenvalue weighted by molar-refractivity contribution is 0.371. The molecule has 1 aliphatic heterocycles. The molecule has 1 saturated heterocycles. The second-order valence-electron chi connectivity index (χ2n) is 5.39. The molecular weight excluding hydrogens is 288 g/mol. The van der Waals surface area contributed by atoms with Gasteiger partial charge in [-0.05, 0) is 63.4 Å². The number of hydrogen-bond donors (Lipinski definition) is 2. The summed E-state index contributed by atoms with van der Waals surface area (Å²) in [6.45, 7) is 5.62. The highest BCUT2D eigenvalue weighted by molar-refractivity contribution is 9.10. The highest BCUT2D eigenvalue weighted by Gasteiger charge is 2.15. The minimum Gasteiger partial charge on any atom is -0.382 e. The third kappa shape index (κ3) is 3.99. The summed E-state index contributed by atoms with van der Waals surface area (Å²) in [6, 6.07) is 7.62. The van der Waals surface area contributed by atoms with Gasteiger partial charge in [0.2, 0.25) is 0 Å². The van der Waals surface area contributed by atoms with E-state index in [0.717, 1.165) is 4.47 Å². The summed E-state index contributed by atoms with van der Waals surface area (Å²) in [5, 5.41) is 7.24. The second kappa shape index (κ2) is 6.58. The maximum atomic E-state index is 3.62. The summed E-state index contributed by atoms with van der Waals surface area (Å²) in [5.41, 5.74) is 2.55. The zero-order valence-corrected chi connectivity index (χ0v) is 12.9. The summed E-state index contributed by atoms with van der Waals surface area (Å²) in [4.78, 5) is 0. The number of halogens is 1. The highest BCUT2D eigenvalue weighted by atomic mass is 79.9. The van der Waals surface area contributed by atoms with E-state index in [1.807, 2.05) is 0 Å². The standard InChI is InChI=1S/C15H23BrN2/c1-11-9-13(16)6-7-15(11)18-12(2)10-14-5-3-4-8-17-14/h6-7,9,12,14,17-18H,3-5,8,10H2,1-2H3. The lowest BCUT2D eigenvalue weighted by atomic mass is 9.98. The van der Waals surface area contributed by atoms with E-state index in [1.165, 1.54) is 43.5 Å². The van der Waals surface area contributed by atoms with Gasteiger partial charge in [-0.15, -0.1) is 0 Å². The number of benzene rings is 1. The van der Waals surface area contributed by atoms with Crippen molar-refractivity contribution in [2.45, 2.75) is 51.6 Å². The smallest absolute Gasteiger partial charge is 0.0372 e. The topological polar surface area (TPSA) is 24.1 Å². The average Bonchev–Trinajstić information content (AvgIpc) is 2.34. The maximum Gasteiger partial charge on any atom is 0.0372 e. The van der Waals surface area contributed by atoms with Crippen LogP contribution in [-0.4, -0.2) is 18.6 Å².